The number of likely N-dealkylation sites (N-methyl/N-ethyl adjacent to an activating group) is 1. The van der Waals surface area contributed by atoms with Gasteiger partial charge >= 0.3 is 0 Å². The van der Waals surface area contributed by atoms with Crippen LogP contribution < -0.4 is 10.6 Å². The molecule has 0 aliphatic carbocycles. The van der Waals surface area contributed by atoms with Crippen molar-refractivity contribution in [1.82, 2.24) is 15.5 Å². The summed E-state index contributed by atoms with van der Waals surface area (Å²) in [5.74, 6) is 0.297. The number of nitrogens with one attached hydrogen (secondary N) is 2. The van der Waals surface area contributed by atoms with Crippen molar-refractivity contribution in [2.45, 2.75) is 26.7 Å². The van der Waals surface area contributed by atoms with E-state index in [-0.39, 0.29) is 18.4 Å². The lowest BCUT2D eigenvalue weighted by molar-refractivity contribution is -0.148. The molecule has 0 aromatic carbocycles. The molecule has 21 heavy (non-hydrogen) atoms. The van der Waals surface area contributed by atoms with E-state index >= 15 is 0 Å². The van der Waals surface area contributed by atoms with E-state index in [1.165, 1.54) is 4.90 Å². The van der Waals surface area contributed by atoms with Crippen LogP contribution in [-0.4, -0.2) is 63.7 Å². The Kier molecular flexibility index (Phi) is 7.11. The maximum absolute atomic E-state index is 12.7. The molecule has 2 N–H and O–H groups in total. The van der Waals surface area contributed by atoms with Gasteiger partial charge in [0.2, 0.25) is 11.8 Å². The van der Waals surface area contributed by atoms with Crippen molar-refractivity contribution < 1.29 is 14.3 Å². The molecule has 1 fully saturated rings. The zero-order valence-electron chi connectivity index (χ0n) is 13.7. The van der Waals surface area contributed by atoms with Gasteiger partial charge in [0.05, 0.1) is 18.6 Å². The summed E-state index contributed by atoms with van der Waals surface area (Å²) < 4.78 is 5.26. The number of nitrogens with zero attached hydrogens (tertiary/aromatic N) is 1. The van der Waals surface area contributed by atoms with Crippen LogP contribution in [0.4, 0.5) is 0 Å². The Morgan fingerprint density at radius 2 is 1.95 bits per heavy atom. The Balaban J connectivity index is 2.59. The summed E-state index contributed by atoms with van der Waals surface area (Å²) in [6.07, 6.45) is 1.50. The van der Waals surface area contributed by atoms with E-state index in [0.29, 0.717) is 19.1 Å². The van der Waals surface area contributed by atoms with Gasteiger partial charge in [-0.3, -0.25) is 9.59 Å². The highest BCUT2D eigenvalue weighted by Gasteiger charge is 2.41. The molecule has 2 amide bonds. The molecule has 6 nitrogen and oxygen atoms in total. The van der Waals surface area contributed by atoms with Crippen LogP contribution in [0.2, 0.25) is 0 Å². The summed E-state index contributed by atoms with van der Waals surface area (Å²) >= 11 is 0. The molecule has 1 saturated heterocycles. The molecule has 1 rings (SSSR count). The van der Waals surface area contributed by atoms with Crippen LogP contribution in [0.5, 0.6) is 0 Å². The number of ether oxygens (including phenoxy) is 1. The largest absolute Gasteiger partial charge is 0.384 e. The Bertz CT molecular complexity index is 347. The molecule has 6 heteroatoms. The fraction of sp³-hybridized carbons (Fsp3) is 0.867. The van der Waals surface area contributed by atoms with Crippen LogP contribution in [0.1, 0.15) is 26.7 Å². The van der Waals surface area contributed by atoms with Crippen LogP contribution in [0.25, 0.3) is 0 Å². The first-order valence-corrected chi connectivity index (χ1v) is 7.63. The highest BCUT2D eigenvalue weighted by Crippen LogP contribution is 2.31. The van der Waals surface area contributed by atoms with Gasteiger partial charge in [0, 0.05) is 20.7 Å². The lowest BCUT2D eigenvalue weighted by Crippen LogP contribution is -2.52. The average Bonchev–Trinajstić information content (AvgIpc) is 2.45. The third kappa shape index (κ3) is 5.28. The standard InChI is InChI=1S/C15H29N3O3/c1-12(2)9-17-13(19)10-18(3)14(20)15(11-21-4)5-7-16-8-6-15/h12,16H,5-11H2,1-4H3,(H,17,19). The average molecular weight is 299 g/mol. The number of hydrogen-bond donors (Lipinski definition) is 2. The predicted molar refractivity (Wildman–Crippen MR) is 81.9 cm³/mol. The third-order valence-electron chi connectivity index (χ3n) is 3.87. The molecule has 1 aliphatic heterocycles. The van der Waals surface area contributed by atoms with Gasteiger partial charge in [0.15, 0.2) is 0 Å². The summed E-state index contributed by atoms with van der Waals surface area (Å²) in [6, 6.07) is 0. The van der Waals surface area contributed by atoms with Crippen LogP contribution >= 0.6 is 0 Å². The molecule has 0 atom stereocenters. The van der Waals surface area contributed by atoms with E-state index in [2.05, 4.69) is 10.6 Å². The maximum atomic E-state index is 12.7. The number of hydrogen-bond acceptors (Lipinski definition) is 4. The SMILES string of the molecule is COCC1(C(=O)N(C)CC(=O)NCC(C)C)CCNCC1. The second-order valence-electron chi connectivity index (χ2n) is 6.32. The first-order chi connectivity index (χ1) is 9.91. The normalized spacial score (nSPS) is 17.6. The number of methoxy groups -OCH3 is 1. The van der Waals surface area contributed by atoms with Gasteiger partial charge in [-0.1, -0.05) is 13.8 Å². The van der Waals surface area contributed by atoms with E-state index in [1.54, 1.807) is 14.2 Å². The Labute approximate surface area is 127 Å². The highest BCUT2D eigenvalue weighted by atomic mass is 16.5. The van der Waals surface area contributed by atoms with Gasteiger partial charge in [-0.2, -0.15) is 0 Å². The first kappa shape index (κ1) is 17.9. The highest BCUT2D eigenvalue weighted by molar-refractivity contribution is 5.88. The second-order valence-corrected chi connectivity index (χ2v) is 6.32. The zero-order chi connectivity index (χ0) is 15.9. The molecule has 0 unspecified atom stereocenters. The summed E-state index contributed by atoms with van der Waals surface area (Å²) in [7, 11) is 3.31. The number of amides is 2. The van der Waals surface area contributed by atoms with Gasteiger partial charge in [0.25, 0.3) is 0 Å². The van der Waals surface area contributed by atoms with Crippen molar-refractivity contribution in [2.75, 3.05) is 46.9 Å². The zero-order valence-corrected chi connectivity index (χ0v) is 13.7. The van der Waals surface area contributed by atoms with Crippen molar-refractivity contribution in [2.24, 2.45) is 11.3 Å². The lowest BCUT2D eigenvalue weighted by atomic mass is 9.78. The van der Waals surface area contributed by atoms with Gasteiger partial charge in [-0.25, -0.2) is 0 Å². The van der Waals surface area contributed by atoms with Gasteiger partial charge < -0.3 is 20.3 Å². The molecule has 0 saturated carbocycles. The van der Waals surface area contributed by atoms with Gasteiger partial charge in [-0.15, -0.1) is 0 Å². The van der Waals surface area contributed by atoms with E-state index in [1.807, 2.05) is 13.8 Å². The molecule has 0 bridgehead atoms. The van der Waals surface area contributed by atoms with Crippen molar-refractivity contribution in [3.63, 3.8) is 0 Å². The number of carbonyl (C=O) groups is 2. The molecule has 1 heterocycles. The number of rotatable bonds is 7. The maximum Gasteiger partial charge on any atom is 0.239 e. The van der Waals surface area contributed by atoms with Crippen LogP contribution in [-0.2, 0) is 14.3 Å². The van der Waals surface area contributed by atoms with E-state index in [9.17, 15) is 9.59 Å². The third-order valence-corrected chi connectivity index (χ3v) is 3.87. The molecular weight excluding hydrogens is 270 g/mol. The topological polar surface area (TPSA) is 70.7 Å². The van der Waals surface area contributed by atoms with Crippen molar-refractivity contribution >= 4 is 11.8 Å². The second kappa shape index (κ2) is 8.34. The molecule has 0 aromatic rings. The van der Waals surface area contributed by atoms with E-state index in [0.717, 1.165) is 25.9 Å². The van der Waals surface area contributed by atoms with Gasteiger partial charge in [0.1, 0.15) is 0 Å². The minimum Gasteiger partial charge on any atom is -0.384 e. The predicted octanol–water partition coefficient (Wildman–Crippen LogP) is 0.233. The quantitative estimate of drug-likeness (QED) is 0.706. The summed E-state index contributed by atoms with van der Waals surface area (Å²) in [4.78, 5) is 26.1. The van der Waals surface area contributed by atoms with Crippen LogP contribution in [0.15, 0.2) is 0 Å². The minimum absolute atomic E-state index is 0.00514. The number of piperidine rings is 1. The first-order valence-electron chi connectivity index (χ1n) is 7.63. The molecule has 1 aliphatic rings. The van der Waals surface area contributed by atoms with Crippen LogP contribution in [0.3, 0.4) is 0 Å². The fourth-order valence-electron chi connectivity index (χ4n) is 2.67. The molecule has 0 spiro atoms. The summed E-state index contributed by atoms with van der Waals surface area (Å²) in [5.41, 5.74) is -0.493. The monoisotopic (exact) mass is 299 g/mol. The molecule has 122 valence electrons. The molecule has 0 radical (unpaired) electrons. The Morgan fingerprint density at radius 3 is 2.48 bits per heavy atom. The minimum atomic E-state index is -0.493. The summed E-state index contributed by atoms with van der Waals surface area (Å²) in [6.45, 7) is 6.84. The number of carbonyl (C=O) groups excluding carboxylic acids is 2. The van der Waals surface area contributed by atoms with Crippen molar-refractivity contribution in [3.8, 4) is 0 Å². The Hall–Kier alpha value is -1.14. The lowest BCUT2D eigenvalue weighted by Gasteiger charge is -2.38. The Morgan fingerprint density at radius 1 is 1.33 bits per heavy atom. The van der Waals surface area contributed by atoms with Gasteiger partial charge in [-0.05, 0) is 31.8 Å². The van der Waals surface area contributed by atoms with Crippen molar-refractivity contribution in [1.29, 1.82) is 0 Å². The van der Waals surface area contributed by atoms with Crippen LogP contribution in [0, 0.1) is 11.3 Å². The molecular formula is C15H29N3O3. The van der Waals surface area contributed by atoms with E-state index < -0.39 is 5.41 Å². The van der Waals surface area contributed by atoms with E-state index in [4.69, 9.17) is 4.74 Å². The summed E-state index contributed by atoms with van der Waals surface area (Å²) in [5, 5.41) is 6.10. The smallest absolute Gasteiger partial charge is 0.239 e. The fourth-order valence-corrected chi connectivity index (χ4v) is 2.67. The van der Waals surface area contributed by atoms with Crippen molar-refractivity contribution in [3.05, 3.63) is 0 Å². The molecule has 0 aromatic heterocycles.